The van der Waals surface area contributed by atoms with Gasteiger partial charge in [0.05, 0.1) is 0 Å². The van der Waals surface area contributed by atoms with Crippen LogP contribution < -0.4 is 12.4 Å². The molecule has 0 bridgehead atoms. The van der Waals surface area contributed by atoms with Crippen LogP contribution in [-0.4, -0.2) is 18.5 Å². The van der Waals surface area contributed by atoms with E-state index in [-0.39, 0.29) is 17.8 Å². The van der Waals surface area contributed by atoms with Gasteiger partial charge in [-0.3, -0.25) is 4.90 Å². The molecule has 0 aromatic heterocycles. The highest BCUT2D eigenvalue weighted by Crippen LogP contribution is 2.19. The van der Waals surface area contributed by atoms with E-state index in [4.69, 9.17) is 0 Å². The summed E-state index contributed by atoms with van der Waals surface area (Å²) in [5.74, 6) is 6.33. The molecule has 2 rings (SSSR count). The Morgan fingerprint density at radius 2 is 1.74 bits per heavy atom. The summed E-state index contributed by atoms with van der Waals surface area (Å²) in [6, 6.07) is 15.1. The summed E-state index contributed by atoms with van der Waals surface area (Å²) >= 11 is 0. The van der Waals surface area contributed by atoms with Crippen LogP contribution in [0.25, 0.3) is 10.8 Å². The Morgan fingerprint density at radius 3 is 2.48 bits per heavy atom. The molecule has 2 heteroatoms. The third-order valence-corrected chi connectivity index (χ3v) is 3.39. The monoisotopic (exact) mass is 326 g/mol. The van der Waals surface area contributed by atoms with E-state index in [0.29, 0.717) is 0 Å². The van der Waals surface area contributed by atoms with Crippen molar-refractivity contribution >= 4 is 10.8 Å². The lowest BCUT2D eigenvalue weighted by atomic mass is 9.98. The first-order chi connectivity index (χ1) is 10.5. The number of hydrogen-bond donors (Lipinski definition) is 0. The molecular weight excluding hydrogens is 302 g/mol. The Balaban J connectivity index is 0.00000264. The molecule has 0 fully saturated rings. The minimum Gasteiger partial charge on any atom is -1.00 e. The van der Waals surface area contributed by atoms with E-state index in [1.807, 2.05) is 6.08 Å². The quantitative estimate of drug-likeness (QED) is 0.776. The summed E-state index contributed by atoms with van der Waals surface area (Å²) in [6.07, 6.45) is 4.09. The fraction of sp³-hybridized carbons (Fsp3) is 0.333. The van der Waals surface area contributed by atoms with E-state index in [2.05, 4.69) is 93.1 Å². The Kier molecular flexibility index (Phi) is 7.36. The zero-order valence-corrected chi connectivity index (χ0v) is 15.2. The van der Waals surface area contributed by atoms with E-state index >= 15 is 0 Å². The third-order valence-electron chi connectivity index (χ3n) is 3.39. The van der Waals surface area contributed by atoms with Gasteiger partial charge in [-0.2, -0.15) is 0 Å². The Labute approximate surface area is 146 Å². The second-order valence-corrected chi connectivity index (χ2v) is 6.76. The molecule has 2 aromatic rings. The minimum atomic E-state index is 0. The molecule has 0 N–H and O–H groups in total. The van der Waals surface area contributed by atoms with Crippen LogP contribution in [0.4, 0.5) is 0 Å². The minimum absolute atomic E-state index is 0. The standard InChI is InChI=1S/C21H25N.ClH/c1-21(2,3)15-8-5-9-16-22(4)17-19-13-10-12-18-11-6-7-14-20(18)19;/h5-7,9-14H,16-17H2,1-4H3;1H/p-1/b9-5+;. The van der Waals surface area contributed by atoms with Crippen LogP contribution in [-0.2, 0) is 6.54 Å². The Morgan fingerprint density at radius 1 is 1.04 bits per heavy atom. The van der Waals surface area contributed by atoms with Crippen LogP contribution >= 0.6 is 0 Å². The highest BCUT2D eigenvalue weighted by molar-refractivity contribution is 5.85. The number of likely N-dealkylation sites (N-methyl/N-ethyl adjacent to an activating group) is 1. The SMILES string of the molecule is CN(C/C=C/C#CC(C)(C)C)Cc1cccc2ccccc12.[Cl-]. The van der Waals surface area contributed by atoms with Gasteiger partial charge >= 0.3 is 0 Å². The molecule has 0 amide bonds. The predicted molar refractivity (Wildman–Crippen MR) is 96.7 cm³/mol. The van der Waals surface area contributed by atoms with Crippen molar-refractivity contribution in [1.82, 2.24) is 4.90 Å². The summed E-state index contributed by atoms with van der Waals surface area (Å²) in [5, 5.41) is 2.65. The lowest BCUT2D eigenvalue weighted by molar-refractivity contribution is -0.00000500. The van der Waals surface area contributed by atoms with Crippen molar-refractivity contribution in [1.29, 1.82) is 0 Å². The first kappa shape index (κ1) is 19.3. The third kappa shape index (κ3) is 6.48. The van der Waals surface area contributed by atoms with E-state index in [0.717, 1.165) is 13.1 Å². The molecule has 0 aliphatic carbocycles. The van der Waals surface area contributed by atoms with Crippen LogP contribution in [0.2, 0.25) is 0 Å². The lowest BCUT2D eigenvalue weighted by Gasteiger charge is -2.15. The number of fused-ring (bicyclic) bond motifs is 1. The van der Waals surface area contributed by atoms with Gasteiger partial charge in [-0.1, -0.05) is 60.4 Å². The van der Waals surface area contributed by atoms with Gasteiger partial charge in [0.1, 0.15) is 0 Å². The molecule has 0 aliphatic heterocycles. The van der Waals surface area contributed by atoms with Crippen LogP contribution in [0.1, 0.15) is 26.3 Å². The van der Waals surface area contributed by atoms with Gasteiger partial charge in [-0.05, 0) is 50.2 Å². The first-order valence-corrected chi connectivity index (χ1v) is 7.78. The summed E-state index contributed by atoms with van der Waals surface area (Å²) in [7, 11) is 2.14. The average Bonchev–Trinajstić information content (AvgIpc) is 2.46. The van der Waals surface area contributed by atoms with Crippen molar-refractivity contribution < 1.29 is 12.4 Å². The van der Waals surface area contributed by atoms with Gasteiger partial charge in [-0.25, -0.2) is 0 Å². The highest BCUT2D eigenvalue weighted by atomic mass is 35.5. The smallest absolute Gasteiger partial charge is 0.0240 e. The zero-order valence-electron chi connectivity index (χ0n) is 14.4. The predicted octanol–water partition coefficient (Wildman–Crippen LogP) is 1.88. The van der Waals surface area contributed by atoms with E-state index in [1.165, 1.54) is 16.3 Å². The van der Waals surface area contributed by atoms with Gasteiger partial charge in [0, 0.05) is 18.5 Å². The Bertz CT molecular complexity index is 708. The van der Waals surface area contributed by atoms with Crippen molar-refractivity contribution in [3.8, 4) is 11.8 Å². The van der Waals surface area contributed by atoms with Crippen molar-refractivity contribution in [2.24, 2.45) is 5.41 Å². The molecule has 122 valence electrons. The summed E-state index contributed by atoms with van der Waals surface area (Å²) in [4.78, 5) is 2.30. The average molecular weight is 327 g/mol. The van der Waals surface area contributed by atoms with Crippen LogP contribution in [0.3, 0.4) is 0 Å². The van der Waals surface area contributed by atoms with E-state index in [9.17, 15) is 0 Å². The number of rotatable bonds is 4. The molecule has 0 unspecified atom stereocenters. The lowest BCUT2D eigenvalue weighted by Crippen LogP contribution is -3.00. The van der Waals surface area contributed by atoms with Gasteiger partial charge in [0.15, 0.2) is 0 Å². The van der Waals surface area contributed by atoms with Gasteiger partial charge in [-0.15, -0.1) is 0 Å². The molecule has 0 heterocycles. The maximum Gasteiger partial charge on any atom is 0.0240 e. The van der Waals surface area contributed by atoms with Crippen molar-refractivity contribution in [2.45, 2.75) is 27.3 Å². The molecule has 0 aliphatic rings. The molecule has 0 saturated carbocycles. The highest BCUT2D eigenvalue weighted by Gasteiger charge is 2.03. The number of halogens is 1. The summed E-state index contributed by atoms with van der Waals surface area (Å²) < 4.78 is 0. The summed E-state index contributed by atoms with van der Waals surface area (Å²) in [5.41, 5.74) is 1.44. The molecule has 23 heavy (non-hydrogen) atoms. The van der Waals surface area contributed by atoms with Gasteiger partial charge in [0.2, 0.25) is 0 Å². The molecule has 0 radical (unpaired) electrons. The fourth-order valence-corrected chi connectivity index (χ4v) is 2.34. The zero-order chi connectivity index (χ0) is 16.0. The number of hydrogen-bond acceptors (Lipinski definition) is 1. The van der Waals surface area contributed by atoms with Crippen LogP contribution in [0.15, 0.2) is 54.6 Å². The number of nitrogens with zero attached hydrogens (tertiary/aromatic N) is 1. The summed E-state index contributed by atoms with van der Waals surface area (Å²) in [6.45, 7) is 8.22. The topological polar surface area (TPSA) is 3.24 Å². The first-order valence-electron chi connectivity index (χ1n) is 7.78. The maximum atomic E-state index is 3.21. The van der Waals surface area contributed by atoms with Crippen LogP contribution in [0.5, 0.6) is 0 Å². The molecule has 1 nitrogen and oxygen atoms in total. The van der Waals surface area contributed by atoms with E-state index < -0.39 is 0 Å². The van der Waals surface area contributed by atoms with Crippen molar-refractivity contribution in [3.05, 3.63) is 60.2 Å². The maximum absolute atomic E-state index is 3.21. The number of benzene rings is 2. The molecule has 0 atom stereocenters. The van der Waals surface area contributed by atoms with Crippen LogP contribution in [0, 0.1) is 17.3 Å². The Hall–Kier alpha value is -1.75. The normalized spacial score (nSPS) is 11.3. The largest absolute Gasteiger partial charge is 1.00 e. The van der Waals surface area contributed by atoms with Crippen molar-refractivity contribution in [2.75, 3.05) is 13.6 Å². The van der Waals surface area contributed by atoms with Gasteiger partial charge in [0.25, 0.3) is 0 Å². The fourth-order valence-electron chi connectivity index (χ4n) is 2.34. The molecule has 0 saturated heterocycles. The molecular formula is C21H25ClN-. The molecule has 2 aromatic carbocycles. The van der Waals surface area contributed by atoms with Crippen molar-refractivity contribution in [3.63, 3.8) is 0 Å². The second-order valence-electron chi connectivity index (χ2n) is 6.76. The molecule has 0 spiro atoms. The van der Waals surface area contributed by atoms with Gasteiger partial charge < -0.3 is 12.4 Å². The second kappa shape index (κ2) is 8.77. The number of allylic oxidation sites excluding steroid dienone is 1. The van der Waals surface area contributed by atoms with E-state index in [1.54, 1.807) is 0 Å².